The molecule has 1 N–H and O–H groups in total. The molecule has 1 atom stereocenters. The second-order valence-electron chi connectivity index (χ2n) is 4.75. The molecule has 1 aromatic carbocycles. The summed E-state index contributed by atoms with van der Waals surface area (Å²) in [6, 6.07) is 6.11. The molecular formula is C14H22ClFN2. The molecule has 0 aliphatic carbocycles. The first-order chi connectivity index (χ1) is 8.24. The van der Waals surface area contributed by atoms with Crippen LogP contribution in [0.1, 0.15) is 22.7 Å². The van der Waals surface area contributed by atoms with Crippen LogP contribution < -0.4 is 5.32 Å². The van der Waals surface area contributed by atoms with Crippen molar-refractivity contribution in [3.8, 4) is 0 Å². The fourth-order valence-electron chi connectivity index (χ4n) is 2.51. The van der Waals surface area contributed by atoms with Gasteiger partial charge in [-0.3, -0.25) is 4.90 Å². The summed E-state index contributed by atoms with van der Waals surface area (Å²) in [5.74, 6) is 0. The first kappa shape index (κ1) is 15.4. The van der Waals surface area contributed by atoms with Crippen molar-refractivity contribution in [1.29, 1.82) is 0 Å². The Hall–Kier alpha value is -0.640. The molecule has 18 heavy (non-hydrogen) atoms. The highest BCUT2D eigenvalue weighted by Gasteiger charge is 2.23. The van der Waals surface area contributed by atoms with Gasteiger partial charge in [-0.15, -0.1) is 12.4 Å². The third kappa shape index (κ3) is 3.22. The number of aryl methyl sites for hydroxylation is 1. The number of rotatable bonds is 3. The van der Waals surface area contributed by atoms with Gasteiger partial charge in [-0.1, -0.05) is 18.2 Å². The molecule has 1 saturated heterocycles. The number of piperazine rings is 1. The van der Waals surface area contributed by atoms with E-state index in [1.165, 1.54) is 11.1 Å². The number of nitrogens with one attached hydrogen (secondary N) is 1. The quantitative estimate of drug-likeness (QED) is 0.910. The third-order valence-electron chi connectivity index (χ3n) is 3.74. The summed E-state index contributed by atoms with van der Waals surface area (Å²) in [6.07, 6.45) is 0. The van der Waals surface area contributed by atoms with Crippen LogP contribution in [0.15, 0.2) is 18.2 Å². The lowest BCUT2D eigenvalue weighted by atomic mass is 9.97. The van der Waals surface area contributed by atoms with Gasteiger partial charge in [-0.25, -0.2) is 4.39 Å². The van der Waals surface area contributed by atoms with E-state index in [4.69, 9.17) is 0 Å². The van der Waals surface area contributed by atoms with E-state index in [-0.39, 0.29) is 25.1 Å². The molecule has 1 aliphatic heterocycles. The van der Waals surface area contributed by atoms with Crippen molar-refractivity contribution in [3.63, 3.8) is 0 Å². The Balaban J connectivity index is 0.00000162. The third-order valence-corrected chi connectivity index (χ3v) is 3.74. The van der Waals surface area contributed by atoms with Crippen LogP contribution in [0.2, 0.25) is 0 Å². The Morgan fingerprint density at radius 2 is 1.94 bits per heavy atom. The molecule has 2 nitrogen and oxygen atoms in total. The van der Waals surface area contributed by atoms with Gasteiger partial charge in [-0.05, 0) is 30.5 Å². The van der Waals surface area contributed by atoms with Gasteiger partial charge in [0, 0.05) is 26.2 Å². The van der Waals surface area contributed by atoms with Crippen LogP contribution in [0.4, 0.5) is 4.39 Å². The van der Waals surface area contributed by atoms with Crippen molar-refractivity contribution in [2.24, 2.45) is 0 Å². The smallest absolute Gasteiger partial charge is 0.109 e. The highest BCUT2D eigenvalue weighted by molar-refractivity contribution is 5.85. The molecule has 2 rings (SSSR count). The van der Waals surface area contributed by atoms with Gasteiger partial charge < -0.3 is 5.32 Å². The Morgan fingerprint density at radius 3 is 2.56 bits per heavy atom. The summed E-state index contributed by atoms with van der Waals surface area (Å²) >= 11 is 0. The van der Waals surface area contributed by atoms with E-state index in [9.17, 15) is 4.39 Å². The molecule has 1 aliphatic rings. The van der Waals surface area contributed by atoms with Gasteiger partial charge in [-0.2, -0.15) is 0 Å². The van der Waals surface area contributed by atoms with Crippen LogP contribution in [0.5, 0.6) is 0 Å². The van der Waals surface area contributed by atoms with E-state index in [1.807, 2.05) is 6.07 Å². The van der Waals surface area contributed by atoms with E-state index in [2.05, 4.69) is 36.2 Å². The van der Waals surface area contributed by atoms with E-state index < -0.39 is 0 Å². The number of hydrogen-bond acceptors (Lipinski definition) is 2. The lowest BCUT2D eigenvalue weighted by molar-refractivity contribution is 0.147. The van der Waals surface area contributed by atoms with Gasteiger partial charge in [0.1, 0.15) is 6.67 Å². The van der Waals surface area contributed by atoms with Crippen LogP contribution in [-0.2, 0) is 0 Å². The van der Waals surface area contributed by atoms with Gasteiger partial charge in [0.15, 0.2) is 0 Å². The number of halogens is 2. The lowest BCUT2D eigenvalue weighted by Crippen LogP contribution is -2.45. The number of alkyl halides is 1. The molecule has 0 unspecified atom stereocenters. The first-order valence-electron chi connectivity index (χ1n) is 6.31. The maximum atomic E-state index is 13.4. The van der Waals surface area contributed by atoms with Crippen LogP contribution in [0, 0.1) is 13.8 Å². The molecule has 0 amide bonds. The minimum absolute atomic E-state index is 0. The topological polar surface area (TPSA) is 15.3 Å². The van der Waals surface area contributed by atoms with Gasteiger partial charge in [0.25, 0.3) is 0 Å². The monoisotopic (exact) mass is 272 g/mol. The van der Waals surface area contributed by atoms with Gasteiger partial charge >= 0.3 is 0 Å². The summed E-state index contributed by atoms with van der Waals surface area (Å²) in [6.45, 7) is 7.67. The molecule has 4 heteroatoms. The minimum atomic E-state index is -0.301. The number of benzene rings is 1. The predicted molar refractivity (Wildman–Crippen MR) is 76.3 cm³/mol. The van der Waals surface area contributed by atoms with E-state index in [0.29, 0.717) is 0 Å². The van der Waals surface area contributed by atoms with Crippen molar-refractivity contribution in [3.05, 3.63) is 34.9 Å². The Kier molecular flexibility index (Phi) is 6.06. The van der Waals surface area contributed by atoms with Crippen LogP contribution >= 0.6 is 12.4 Å². The number of nitrogens with zero attached hydrogens (tertiary/aromatic N) is 1. The Bertz CT molecular complexity index is 378. The van der Waals surface area contributed by atoms with Crippen molar-refractivity contribution in [2.75, 3.05) is 32.9 Å². The van der Waals surface area contributed by atoms with Gasteiger partial charge in [0.05, 0.1) is 6.04 Å². The highest BCUT2D eigenvalue weighted by Crippen LogP contribution is 2.26. The lowest BCUT2D eigenvalue weighted by Gasteiger charge is -2.34. The highest BCUT2D eigenvalue weighted by atomic mass is 35.5. The zero-order valence-electron chi connectivity index (χ0n) is 11.1. The zero-order valence-corrected chi connectivity index (χ0v) is 11.9. The Labute approximate surface area is 115 Å². The second-order valence-corrected chi connectivity index (χ2v) is 4.75. The van der Waals surface area contributed by atoms with Crippen molar-refractivity contribution in [2.45, 2.75) is 19.9 Å². The summed E-state index contributed by atoms with van der Waals surface area (Å²) in [7, 11) is 0. The second kappa shape index (κ2) is 7.07. The summed E-state index contributed by atoms with van der Waals surface area (Å²) in [5.41, 5.74) is 3.62. The van der Waals surface area contributed by atoms with Crippen molar-refractivity contribution in [1.82, 2.24) is 10.2 Å². The molecule has 1 fully saturated rings. The summed E-state index contributed by atoms with van der Waals surface area (Å²) in [4.78, 5) is 2.25. The van der Waals surface area contributed by atoms with Crippen molar-refractivity contribution < 1.29 is 4.39 Å². The molecular weight excluding hydrogens is 251 g/mol. The van der Waals surface area contributed by atoms with E-state index >= 15 is 0 Å². The summed E-state index contributed by atoms with van der Waals surface area (Å²) in [5, 5.41) is 3.31. The largest absolute Gasteiger partial charge is 0.314 e. The van der Waals surface area contributed by atoms with Crippen molar-refractivity contribution >= 4 is 12.4 Å². The average molecular weight is 273 g/mol. The molecule has 0 aromatic heterocycles. The maximum absolute atomic E-state index is 13.4. The molecule has 0 radical (unpaired) electrons. The molecule has 1 aromatic rings. The average Bonchev–Trinajstić information content (AvgIpc) is 2.37. The van der Waals surface area contributed by atoms with Crippen LogP contribution in [-0.4, -0.2) is 37.8 Å². The predicted octanol–water partition coefficient (Wildman–Crippen LogP) is 2.64. The van der Waals surface area contributed by atoms with E-state index in [1.54, 1.807) is 0 Å². The molecule has 102 valence electrons. The molecule has 0 saturated carbocycles. The fraction of sp³-hybridized carbons (Fsp3) is 0.571. The maximum Gasteiger partial charge on any atom is 0.109 e. The SMILES string of the molecule is Cc1cccc([C@H](CF)N2CCNCC2)c1C.Cl. The standard InChI is InChI=1S/C14H21FN2.ClH/c1-11-4-3-5-13(12(11)2)14(10-15)17-8-6-16-7-9-17;/h3-5,14,16H,6-10H2,1-2H3;1H/t14-;/m0./s1. The normalized spacial score (nSPS) is 18.2. The van der Waals surface area contributed by atoms with Crippen LogP contribution in [0.3, 0.4) is 0 Å². The van der Waals surface area contributed by atoms with Gasteiger partial charge in [0.2, 0.25) is 0 Å². The van der Waals surface area contributed by atoms with Crippen LogP contribution in [0.25, 0.3) is 0 Å². The number of hydrogen-bond donors (Lipinski definition) is 1. The molecule has 0 spiro atoms. The first-order valence-corrected chi connectivity index (χ1v) is 6.31. The zero-order chi connectivity index (χ0) is 12.3. The van der Waals surface area contributed by atoms with E-state index in [0.717, 1.165) is 31.7 Å². The summed E-state index contributed by atoms with van der Waals surface area (Å²) < 4.78 is 13.4. The molecule has 1 heterocycles. The Morgan fingerprint density at radius 1 is 1.28 bits per heavy atom. The molecule has 0 bridgehead atoms. The minimum Gasteiger partial charge on any atom is -0.314 e. The fourth-order valence-corrected chi connectivity index (χ4v) is 2.51.